The van der Waals surface area contributed by atoms with Gasteiger partial charge in [0.1, 0.15) is 5.69 Å². The van der Waals surface area contributed by atoms with E-state index in [1.54, 1.807) is 29.9 Å². The topological polar surface area (TPSA) is 77.4 Å². The van der Waals surface area contributed by atoms with E-state index in [-0.39, 0.29) is 15.7 Å². The number of hydrogen-bond acceptors (Lipinski definition) is 4. The highest BCUT2D eigenvalue weighted by Crippen LogP contribution is 2.65. The Morgan fingerprint density at radius 1 is 1.26 bits per heavy atom. The van der Waals surface area contributed by atoms with Crippen molar-refractivity contribution in [1.29, 1.82) is 0 Å². The third-order valence-electron chi connectivity index (χ3n) is 6.42. The SMILES string of the molecule is Cn1cccc1C(=O)NC(=O)COC(=O)CC12C[C@H]3C[C@@H](CC(Br)(C3)C1)C2. The van der Waals surface area contributed by atoms with Crippen molar-refractivity contribution < 1.29 is 19.1 Å². The van der Waals surface area contributed by atoms with Gasteiger partial charge in [0.25, 0.3) is 11.8 Å². The van der Waals surface area contributed by atoms with Crippen LogP contribution in [-0.4, -0.2) is 33.3 Å². The second-order valence-electron chi connectivity index (χ2n) is 8.83. The summed E-state index contributed by atoms with van der Waals surface area (Å²) < 4.78 is 7.01. The molecule has 4 aliphatic carbocycles. The maximum atomic E-state index is 12.4. The number of aromatic nitrogens is 1. The van der Waals surface area contributed by atoms with E-state index in [9.17, 15) is 14.4 Å². The van der Waals surface area contributed by atoms with Gasteiger partial charge in [-0.2, -0.15) is 0 Å². The fourth-order valence-electron chi connectivity index (χ4n) is 5.97. The van der Waals surface area contributed by atoms with Crippen LogP contribution in [0.4, 0.5) is 0 Å². The first-order chi connectivity index (χ1) is 12.8. The van der Waals surface area contributed by atoms with Crippen molar-refractivity contribution in [3.63, 3.8) is 0 Å². The molecule has 27 heavy (non-hydrogen) atoms. The van der Waals surface area contributed by atoms with E-state index in [4.69, 9.17) is 4.74 Å². The molecule has 0 aliphatic heterocycles. The third-order valence-corrected chi connectivity index (χ3v) is 7.35. The van der Waals surface area contributed by atoms with Crippen LogP contribution in [0, 0.1) is 17.3 Å². The van der Waals surface area contributed by atoms with E-state index in [0.717, 1.165) is 19.3 Å². The maximum Gasteiger partial charge on any atom is 0.306 e. The van der Waals surface area contributed by atoms with Crippen molar-refractivity contribution in [2.45, 2.75) is 49.3 Å². The number of hydrogen-bond donors (Lipinski definition) is 1. The molecule has 0 spiro atoms. The molecule has 1 aromatic rings. The zero-order chi connectivity index (χ0) is 19.2. The number of halogens is 1. The monoisotopic (exact) mass is 436 g/mol. The van der Waals surface area contributed by atoms with Gasteiger partial charge >= 0.3 is 5.97 Å². The highest BCUT2D eigenvalue weighted by atomic mass is 79.9. The number of nitrogens with one attached hydrogen (secondary N) is 1. The fourth-order valence-corrected chi connectivity index (χ4v) is 7.48. The Hall–Kier alpha value is -1.63. The standard InChI is InChI=1S/C20H25BrN2O4/c1-23-4-2-3-15(23)18(26)22-16(24)11-27-17(25)10-19-6-13-5-14(7-19)9-20(21,8-13)12-19/h2-4,13-14H,5-12H2,1H3,(H,22,24,26)/t13-,14-,19?,20?/m1/s1. The zero-order valence-corrected chi connectivity index (χ0v) is 17.1. The quantitative estimate of drug-likeness (QED) is 0.568. The number of rotatable bonds is 5. The van der Waals surface area contributed by atoms with Gasteiger partial charge in [0.2, 0.25) is 0 Å². The van der Waals surface area contributed by atoms with Gasteiger partial charge in [-0.25, -0.2) is 0 Å². The number of ether oxygens (including phenoxy) is 1. The molecule has 2 amide bonds. The molecule has 0 radical (unpaired) electrons. The lowest BCUT2D eigenvalue weighted by Crippen LogP contribution is -2.53. The number of carbonyl (C=O) groups is 3. The lowest BCUT2D eigenvalue weighted by Gasteiger charge is -2.60. The summed E-state index contributed by atoms with van der Waals surface area (Å²) in [5, 5.41) is 2.26. The van der Waals surface area contributed by atoms with Crippen LogP contribution in [0.3, 0.4) is 0 Å². The van der Waals surface area contributed by atoms with Gasteiger partial charge in [-0.15, -0.1) is 0 Å². The summed E-state index contributed by atoms with van der Waals surface area (Å²) in [6.45, 7) is -0.419. The van der Waals surface area contributed by atoms with E-state index in [1.165, 1.54) is 19.3 Å². The summed E-state index contributed by atoms with van der Waals surface area (Å²) in [5.41, 5.74) is 0.394. The number of imide groups is 1. The predicted octanol–water partition coefficient (Wildman–Crippen LogP) is 2.95. The second-order valence-corrected chi connectivity index (χ2v) is 10.5. The molecule has 6 nitrogen and oxygen atoms in total. The molecule has 7 heteroatoms. The molecule has 4 fully saturated rings. The zero-order valence-electron chi connectivity index (χ0n) is 15.5. The molecule has 146 valence electrons. The molecule has 2 atom stereocenters. The average Bonchev–Trinajstić information content (AvgIpc) is 2.96. The number of aryl methyl sites for hydroxylation is 1. The van der Waals surface area contributed by atoms with Crippen LogP contribution in [0.1, 0.15) is 55.4 Å². The molecule has 4 aliphatic rings. The molecule has 1 aromatic heterocycles. The largest absolute Gasteiger partial charge is 0.456 e. The van der Waals surface area contributed by atoms with Gasteiger partial charge in [0, 0.05) is 17.6 Å². The smallest absolute Gasteiger partial charge is 0.306 e. The van der Waals surface area contributed by atoms with Crippen LogP contribution >= 0.6 is 15.9 Å². The summed E-state index contributed by atoms with van der Waals surface area (Å²) in [4.78, 5) is 36.4. The van der Waals surface area contributed by atoms with Gasteiger partial charge in [0.15, 0.2) is 6.61 Å². The molecule has 0 aromatic carbocycles. The Labute approximate surface area is 167 Å². The first-order valence-corrected chi connectivity index (χ1v) is 10.4. The van der Waals surface area contributed by atoms with Gasteiger partial charge in [-0.05, 0) is 67.9 Å². The maximum absolute atomic E-state index is 12.4. The predicted molar refractivity (Wildman–Crippen MR) is 102 cm³/mol. The highest BCUT2D eigenvalue weighted by molar-refractivity contribution is 9.10. The Balaban J connectivity index is 1.28. The summed E-state index contributed by atoms with van der Waals surface area (Å²) in [5.74, 6) is -0.0355. The number of amides is 2. The van der Waals surface area contributed by atoms with E-state index in [1.807, 2.05) is 0 Å². The Morgan fingerprint density at radius 3 is 2.56 bits per heavy atom. The summed E-state index contributed by atoms with van der Waals surface area (Å²) in [6.07, 6.45) is 8.99. The van der Waals surface area contributed by atoms with Crippen LogP contribution in [0.5, 0.6) is 0 Å². The minimum atomic E-state index is -0.600. The lowest BCUT2D eigenvalue weighted by molar-refractivity contribution is -0.154. The summed E-state index contributed by atoms with van der Waals surface area (Å²) in [6, 6.07) is 3.35. The molecule has 0 unspecified atom stereocenters. The van der Waals surface area contributed by atoms with Crippen molar-refractivity contribution >= 4 is 33.7 Å². The molecule has 1 heterocycles. The first-order valence-electron chi connectivity index (χ1n) is 9.56. The lowest BCUT2D eigenvalue weighted by atomic mass is 9.49. The van der Waals surface area contributed by atoms with E-state index >= 15 is 0 Å². The van der Waals surface area contributed by atoms with Gasteiger partial charge in [0.05, 0.1) is 6.42 Å². The van der Waals surface area contributed by atoms with Crippen molar-refractivity contribution in [2.75, 3.05) is 6.61 Å². The van der Waals surface area contributed by atoms with Crippen LogP contribution in [0.15, 0.2) is 18.3 Å². The van der Waals surface area contributed by atoms with Crippen LogP contribution in [0.25, 0.3) is 0 Å². The minimum Gasteiger partial charge on any atom is -0.456 e. The Morgan fingerprint density at radius 2 is 1.96 bits per heavy atom. The van der Waals surface area contributed by atoms with Crippen LogP contribution < -0.4 is 5.32 Å². The average molecular weight is 437 g/mol. The Kier molecular flexibility index (Phi) is 4.69. The van der Waals surface area contributed by atoms with Crippen molar-refractivity contribution in [1.82, 2.24) is 9.88 Å². The normalized spacial score (nSPS) is 33.7. The van der Waals surface area contributed by atoms with Crippen molar-refractivity contribution in [3.8, 4) is 0 Å². The molecule has 4 saturated carbocycles. The Bertz CT molecular complexity index is 773. The van der Waals surface area contributed by atoms with E-state index in [0.29, 0.717) is 24.0 Å². The van der Waals surface area contributed by atoms with Crippen molar-refractivity contribution in [3.05, 3.63) is 24.0 Å². The molecule has 4 bridgehead atoms. The number of nitrogens with zero attached hydrogens (tertiary/aromatic N) is 1. The van der Waals surface area contributed by atoms with Gasteiger partial charge in [-0.3, -0.25) is 19.7 Å². The minimum absolute atomic E-state index is 0.0139. The summed E-state index contributed by atoms with van der Waals surface area (Å²) >= 11 is 3.94. The van der Waals surface area contributed by atoms with Crippen molar-refractivity contribution in [2.24, 2.45) is 24.3 Å². The molecule has 0 saturated heterocycles. The second kappa shape index (κ2) is 6.76. The molecular weight excluding hydrogens is 412 g/mol. The molecule has 1 N–H and O–H groups in total. The number of carbonyl (C=O) groups excluding carboxylic acids is 3. The van der Waals surface area contributed by atoms with E-state index in [2.05, 4.69) is 21.2 Å². The number of alkyl halides is 1. The highest BCUT2D eigenvalue weighted by Gasteiger charge is 2.57. The molecule has 5 rings (SSSR count). The van der Waals surface area contributed by atoms with Crippen LogP contribution in [0.2, 0.25) is 0 Å². The number of esters is 1. The van der Waals surface area contributed by atoms with Gasteiger partial charge in [-0.1, -0.05) is 15.9 Å². The third kappa shape index (κ3) is 3.84. The fraction of sp³-hybridized carbons (Fsp3) is 0.650. The first kappa shape index (κ1) is 18.7. The van der Waals surface area contributed by atoms with Gasteiger partial charge < -0.3 is 9.30 Å². The van der Waals surface area contributed by atoms with Crippen LogP contribution in [-0.2, 0) is 21.4 Å². The summed E-state index contributed by atoms with van der Waals surface area (Å²) in [7, 11) is 1.72. The molecular formula is C20H25BrN2O4. The van der Waals surface area contributed by atoms with E-state index < -0.39 is 18.4 Å².